The third kappa shape index (κ3) is 9.36. The number of ketones is 1. The Morgan fingerprint density at radius 1 is 1.10 bits per heavy atom. The van der Waals surface area contributed by atoms with Gasteiger partial charge in [0.05, 0.1) is 31.8 Å². The van der Waals surface area contributed by atoms with Crippen LogP contribution in [0.5, 0.6) is 11.5 Å². The smallest absolute Gasteiger partial charge is 0.265 e. The number of aliphatic imine (C=N–C) groups is 1. The molecule has 2 fully saturated rings. The fraction of sp³-hybridized carbons (Fsp3) is 0.444. The van der Waals surface area contributed by atoms with Gasteiger partial charge in [-0.1, -0.05) is 24.8 Å². The van der Waals surface area contributed by atoms with Gasteiger partial charge in [0, 0.05) is 29.1 Å². The normalized spacial score (nSPS) is 17.7. The maximum Gasteiger partial charge on any atom is 0.265 e. The van der Waals surface area contributed by atoms with Gasteiger partial charge in [-0.2, -0.15) is 0 Å². The highest BCUT2D eigenvalue weighted by atomic mass is 16.6. The van der Waals surface area contributed by atoms with E-state index < -0.39 is 5.91 Å². The lowest BCUT2D eigenvalue weighted by molar-refractivity contribution is -0.124. The second kappa shape index (κ2) is 16.8. The Kier molecular flexibility index (Phi) is 12.1. The number of nitrogens with one attached hydrogen (secondary N) is 2. The summed E-state index contributed by atoms with van der Waals surface area (Å²) in [6, 6.07) is 10.7. The van der Waals surface area contributed by atoms with E-state index >= 15 is 0 Å². The first kappa shape index (κ1) is 34.5. The van der Waals surface area contributed by atoms with Crippen molar-refractivity contribution in [2.75, 3.05) is 45.8 Å². The zero-order valence-electron chi connectivity index (χ0n) is 27.5. The number of anilines is 2. The van der Waals surface area contributed by atoms with Crippen LogP contribution in [0, 0.1) is 12.3 Å². The van der Waals surface area contributed by atoms with Crippen molar-refractivity contribution in [3.8, 4) is 23.8 Å². The maximum absolute atomic E-state index is 13.3. The van der Waals surface area contributed by atoms with Crippen molar-refractivity contribution >= 4 is 45.7 Å². The summed E-state index contributed by atoms with van der Waals surface area (Å²) in [5.74, 6) is 3.53. The molecule has 0 aliphatic carbocycles. The maximum atomic E-state index is 13.3. The van der Waals surface area contributed by atoms with Crippen molar-refractivity contribution in [3.63, 3.8) is 0 Å². The van der Waals surface area contributed by atoms with E-state index in [0.717, 1.165) is 43.5 Å². The van der Waals surface area contributed by atoms with Gasteiger partial charge in [-0.3, -0.25) is 19.3 Å². The number of nitrogens with zero attached hydrogens (tertiary/aromatic N) is 4. The number of fused-ring (bicyclic) bond motifs is 1. The standard InChI is InChI=1S/C36H42N6O6/c1-4-24-11-10-12-25(19-24)40-34-26-20-32(31(46-3)21-28(26)38-23-39-34)47-18-16-37-35(44)27(13-6-5-7-15-30(43)33-22-48-33)41-36(45)29-14-8-9-17-42(29)2/h1,10-12,19-21,23,29,33H,5-9,13-18,22H2,2-3H3,(H,37,44)(H,38,39,40)/b41-27+. The molecule has 2 aliphatic heterocycles. The molecule has 3 heterocycles. The molecule has 2 unspecified atom stereocenters. The third-order valence-corrected chi connectivity index (χ3v) is 8.45. The van der Waals surface area contributed by atoms with E-state index in [1.54, 1.807) is 19.2 Å². The minimum Gasteiger partial charge on any atom is -0.493 e. The average molecular weight is 655 g/mol. The van der Waals surface area contributed by atoms with E-state index in [4.69, 9.17) is 20.6 Å². The van der Waals surface area contributed by atoms with Gasteiger partial charge < -0.3 is 24.8 Å². The summed E-state index contributed by atoms with van der Waals surface area (Å²) in [7, 11) is 3.46. The molecule has 0 saturated carbocycles. The number of terminal acetylenes is 1. The summed E-state index contributed by atoms with van der Waals surface area (Å²) in [5, 5.41) is 6.86. The number of methoxy groups -OCH3 is 1. The van der Waals surface area contributed by atoms with Crippen LogP contribution in [0.4, 0.5) is 11.5 Å². The summed E-state index contributed by atoms with van der Waals surface area (Å²) in [6.45, 7) is 1.64. The molecular weight excluding hydrogens is 612 g/mol. The Morgan fingerprint density at radius 2 is 1.94 bits per heavy atom. The van der Waals surface area contributed by atoms with Crippen molar-refractivity contribution in [1.29, 1.82) is 0 Å². The molecular formula is C36H42N6O6. The molecule has 252 valence electrons. The monoisotopic (exact) mass is 654 g/mol. The van der Waals surface area contributed by atoms with E-state index in [9.17, 15) is 14.4 Å². The molecule has 1 aromatic heterocycles. The topological polar surface area (TPSA) is 148 Å². The first-order valence-corrected chi connectivity index (χ1v) is 16.4. The molecule has 2 saturated heterocycles. The Balaban J connectivity index is 1.21. The van der Waals surface area contributed by atoms with Crippen LogP contribution in [0.25, 0.3) is 10.9 Å². The number of epoxide rings is 1. The molecule has 2 atom stereocenters. The number of carbonyl (C=O) groups excluding carboxylic acids is 3. The molecule has 5 rings (SSSR count). The van der Waals surface area contributed by atoms with E-state index in [1.165, 1.54) is 6.33 Å². The lowest BCUT2D eigenvalue weighted by Crippen LogP contribution is -2.42. The first-order valence-electron chi connectivity index (χ1n) is 16.4. The van der Waals surface area contributed by atoms with E-state index in [1.807, 2.05) is 36.2 Å². The number of hydrogen-bond donors (Lipinski definition) is 2. The molecule has 0 bridgehead atoms. The molecule has 12 heteroatoms. The van der Waals surface area contributed by atoms with Gasteiger partial charge in [-0.25, -0.2) is 15.0 Å². The van der Waals surface area contributed by atoms with Crippen molar-refractivity contribution < 1.29 is 28.6 Å². The third-order valence-electron chi connectivity index (χ3n) is 8.45. The Labute approximate surface area is 280 Å². The van der Waals surface area contributed by atoms with E-state index in [2.05, 4.69) is 31.5 Å². The Morgan fingerprint density at radius 3 is 2.71 bits per heavy atom. The van der Waals surface area contributed by atoms with Crippen LogP contribution in [0.2, 0.25) is 0 Å². The second-order valence-corrected chi connectivity index (χ2v) is 11.9. The lowest BCUT2D eigenvalue weighted by atomic mass is 10.0. The number of amides is 2. The number of likely N-dealkylation sites (N-methyl/N-ethyl adjacent to an activating group) is 1. The fourth-order valence-corrected chi connectivity index (χ4v) is 5.67. The van der Waals surface area contributed by atoms with Crippen LogP contribution in [0.1, 0.15) is 56.9 Å². The number of ether oxygens (including phenoxy) is 3. The van der Waals surface area contributed by atoms with Crippen LogP contribution in [0.15, 0.2) is 47.7 Å². The Bertz CT molecular complexity index is 1700. The quantitative estimate of drug-likeness (QED) is 0.0996. The SMILES string of the molecule is C#Cc1cccc(Nc2ncnc3cc(OC)c(OCCNC(=O)/C(CCCCCC(=O)C4CO4)=N/C(=O)C4CCCCN4C)cc23)c1. The summed E-state index contributed by atoms with van der Waals surface area (Å²) >= 11 is 0. The van der Waals surface area contributed by atoms with Crippen molar-refractivity contribution in [2.24, 2.45) is 4.99 Å². The molecule has 0 radical (unpaired) electrons. The highest BCUT2D eigenvalue weighted by Gasteiger charge is 2.30. The number of hydrogen-bond acceptors (Lipinski definition) is 10. The molecule has 3 aromatic rings. The molecule has 2 amide bonds. The zero-order valence-corrected chi connectivity index (χ0v) is 27.5. The van der Waals surface area contributed by atoms with Crippen LogP contribution in [-0.2, 0) is 19.1 Å². The summed E-state index contributed by atoms with van der Waals surface area (Å²) in [5.41, 5.74) is 2.36. The molecule has 2 N–H and O–H groups in total. The average Bonchev–Trinajstić information content (AvgIpc) is 3.95. The zero-order chi connectivity index (χ0) is 33.9. The largest absolute Gasteiger partial charge is 0.493 e. The number of Topliss-reactive ketones (excluding diaryl/α,β-unsaturated/α-hetero) is 1. The minimum atomic E-state index is -0.410. The number of unbranched alkanes of at least 4 members (excludes halogenated alkanes) is 2. The van der Waals surface area contributed by atoms with Crippen LogP contribution in [-0.4, -0.2) is 90.8 Å². The number of aromatic nitrogens is 2. The molecule has 2 aromatic carbocycles. The molecule has 12 nitrogen and oxygen atoms in total. The van der Waals surface area contributed by atoms with Crippen molar-refractivity contribution in [2.45, 2.75) is 63.5 Å². The second-order valence-electron chi connectivity index (χ2n) is 11.9. The van der Waals surface area contributed by atoms with Crippen LogP contribution < -0.4 is 20.1 Å². The minimum absolute atomic E-state index is 0.120. The highest BCUT2D eigenvalue weighted by molar-refractivity contribution is 6.40. The number of rotatable bonds is 16. The van der Waals surface area contributed by atoms with Crippen molar-refractivity contribution in [1.82, 2.24) is 20.2 Å². The van der Waals surface area contributed by atoms with Crippen molar-refractivity contribution in [3.05, 3.63) is 48.3 Å². The molecule has 48 heavy (non-hydrogen) atoms. The fourth-order valence-electron chi connectivity index (χ4n) is 5.67. The summed E-state index contributed by atoms with van der Waals surface area (Å²) in [4.78, 5) is 53.5. The molecule has 2 aliphatic rings. The number of carbonyl (C=O) groups is 3. The molecule has 0 spiro atoms. The summed E-state index contributed by atoms with van der Waals surface area (Å²) < 4.78 is 16.7. The van der Waals surface area contributed by atoms with Gasteiger partial charge in [0.2, 0.25) is 0 Å². The van der Waals surface area contributed by atoms with Gasteiger partial charge in [0.25, 0.3) is 11.8 Å². The Hall–Kier alpha value is -4.86. The van der Waals surface area contributed by atoms with Gasteiger partial charge in [0.1, 0.15) is 30.6 Å². The summed E-state index contributed by atoms with van der Waals surface area (Å²) in [6.07, 6.45) is 12.4. The van der Waals surface area contributed by atoms with Gasteiger partial charge in [-0.15, -0.1) is 6.42 Å². The predicted octanol–water partition coefficient (Wildman–Crippen LogP) is 4.23. The van der Waals surface area contributed by atoms with Gasteiger partial charge in [0.15, 0.2) is 17.3 Å². The lowest BCUT2D eigenvalue weighted by Gasteiger charge is -2.29. The van der Waals surface area contributed by atoms with Crippen LogP contribution >= 0.6 is 0 Å². The number of likely N-dealkylation sites (tertiary alicyclic amines) is 1. The van der Waals surface area contributed by atoms with Crippen LogP contribution in [0.3, 0.4) is 0 Å². The van der Waals surface area contributed by atoms with E-state index in [-0.39, 0.29) is 42.7 Å². The highest BCUT2D eigenvalue weighted by Crippen LogP contribution is 2.34. The first-order chi connectivity index (χ1) is 23.4. The van der Waals surface area contributed by atoms with Gasteiger partial charge >= 0.3 is 0 Å². The predicted molar refractivity (Wildman–Crippen MR) is 183 cm³/mol. The number of benzene rings is 2. The van der Waals surface area contributed by atoms with Gasteiger partial charge in [-0.05, 0) is 70.0 Å². The van der Waals surface area contributed by atoms with E-state index in [0.29, 0.717) is 60.5 Å². The number of piperidine rings is 1.